The molecule has 1 saturated heterocycles. The van der Waals surface area contributed by atoms with E-state index in [1.807, 2.05) is 5.32 Å². The summed E-state index contributed by atoms with van der Waals surface area (Å²) in [5.74, 6) is -1.85. The molecule has 0 unspecified atom stereocenters. The zero-order valence-electron chi connectivity index (χ0n) is 9.06. The Hall–Kier alpha value is -1.11. The summed E-state index contributed by atoms with van der Waals surface area (Å²) in [6.45, 7) is 0.649. The molecule has 7 heteroatoms. The van der Waals surface area contributed by atoms with Gasteiger partial charge >= 0.3 is 6.18 Å². The molecular formula is C10H13F3N2O2. The highest BCUT2D eigenvalue weighted by atomic mass is 19.4. The largest absolute Gasteiger partial charge is 0.403 e. The van der Waals surface area contributed by atoms with Crippen molar-refractivity contribution in [1.82, 2.24) is 10.6 Å². The van der Waals surface area contributed by atoms with Gasteiger partial charge in [-0.05, 0) is 32.2 Å². The molecule has 0 radical (unpaired) electrons. The van der Waals surface area contributed by atoms with E-state index in [9.17, 15) is 22.8 Å². The van der Waals surface area contributed by atoms with Crippen molar-refractivity contribution in [3.63, 3.8) is 0 Å². The number of imide groups is 1. The van der Waals surface area contributed by atoms with E-state index in [-0.39, 0.29) is 12.8 Å². The lowest BCUT2D eigenvalue weighted by Crippen LogP contribution is -2.49. The van der Waals surface area contributed by atoms with Gasteiger partial charge in [0.1, 0.15) is 5.41 Å². The standard InChI is InChI=1S/C10H13F3N2O2/c11-10(12,13)9(3-4-9)8(17)15-7(16)6-2-1-5-14-6/h6,14H,1-5H2,(H,15,16,17)/t6-/m0/s1. The smallest absolute Gasteiger partial charge is 0.306 e. The van der Waals surface area contributed by atoms with Gasteiger partial charge in [-0.3, -0.25) is 14.9 Å². The second-order valence-corrected chi connectivity index (χ2v) is 4.55. The molecule has 0 bridgehead atoms. The van der Waals surface area contributed by atoms with Crippen molar-refractivity contribution >= 4 is 11.8 Å². The fourth-order valence-corrected chi connectivity index (χ4v) is 1.99. The van der Waals surface area contributed by atoms with Gasteiger partial charge in [0.05, 0.1) is 6.04 Å². The Morgan fingerprint density at radius 3 is 2.35 bits per heavy atom. The topological polar surface area (TPSA) is 58.2 Å². The van der Waals surface area contributed by atoms with Crippen LogP contribution in [0.4, 0.5) is 13.2 Å². The number of carbonyl (C=O) groups is 2. The molecule has 1 aliphatic heterocycles. The van der Waals surface area contributed by atoms with Crippen LogP contribution in [-0.4, -0.2) is 30.6 Å². The molecule has 0 aromatic heterocycles. The first-order valence-corrected chi connectivity index (χ1v) is 5.52. The lowest BCUT2D eigenvalue weighted by molar-refractivity contribution is -0.192. The normalized spacial score (nSPS) is 26.6. The van der Waals surface area contributed by atoms with E-state index < -0.39 is 29.4 Å². The molecule has 1 atom stereocenters. The first-order chi connectivity index (χ1) is 7.87. The van der Waals surface area contributed by atoms with Crippen molar-refractivity contribution in [2.24, 2.45) is 5.41 Å². The SMILES string of the molecule is O=C(NC(=O)C1(C(F)(F)F)CC1)[C@@H]1CCCN1. The fourth-order valence-electron chi connectivity index (χ4n) is 1.99. The van der Waals surface area contributed by atoms with Gasteiger partial charge in [0, 0.05) is 0 Å². The minimum Gasteiger partial charge on any atom is -0.306 e. The molecule has 4 nitrogen and oxygen atoms in total. The van der Waals surface area contributed by atoms with Crippen LogP contribution in [0.3, 0.4) is 0 Å². The molecule has 17 heavy (non-hydrogen) atoms. The molecule has 2 amide bonds. The molecule has 96 valence electrons. The summed E-state index contributed by atoms with van der Waals surface area (Å²) in [6, 6.07) is -0.539. The molecule has 2 rings (SSSR count). The van der Waals surface area contributed by atoms with E-state index in [0.717, 1.165) is 6.42 Å². The van der Waals surface area contributed by atoms with Gasteiger partial charge in [-0.2, -0.15) is 13.2 Å². The van der Waals surface area contributed by atoms with Crippen LogP contribution in [0.5, 0.6) is 0 Å². The maximum atomic E-state index is 12.6. The quantitative estimate of drug-likeness (QED) is 0.710. The average Bonchev–Trinajstić information content (AvgIpc) is 2.87. The highest BCUT2D eigenvalue weighted by Gasteiger charge is 2.68. The van der Waals surface area contributed by atoms with Crippen LogP contribution >= 0.6 is 0 Å². The Labute approximate surface area is 95.9 Å². The van der Waals surface area contributed by atoms with E-state index in [1.165, 1.54) is 0 Å². The fraction of sp³-hybridized carbons (Fsp3) is 0.800. The van der Waals surface area contributed by atoms with Crippen molar-refractivity contribution in [3.8, 4) is 0 Å². The maximum absolute atomic E-state index is 12.6. The Kier molecular flexibility index (Phi) is 2.89. The lowest BCUT2D eigenvalue weighted by Gasteiger charge is -2.19. The minimum absolute atomic E-state index is 0.228. The third-order valence-corrected chi connectivity index (χ3v) is 3.34. The zero-order valence-corrected chi connectivity index (χ0v) is 9.06. The van der Waals surface area contributed by atoms with Crippen LogP contribution in [0.2, 0.25) is 0 Å². The van der Waals surface area contributed by atoms with Crippen molar-refractivity contribution < 1.29 is 22.8 Å². The summed E-state index contributed by atoms with van der Waals surface area (Å²) in [5, 5.41) is 4.70. The molecule has 1 saturated carbocycles. The van der Waals surface area contributed by atoms with Crippen LogP contribution in [0.15, 0.2) is 0 Å². The highest BCUT2D eigenvalue weighted by molar-refractivity contribution is 6.01. The van der Waals surface area contributed by atoms with Crippen LogP contribution in [0, 0.1) is 5.41 Å². The van der Waals surface area contributed by atoms with Crippen molar-refractivity contribution in [1.29, 1.82) is 0 Å². The molecule has 2 N–H and O–H groups in total. The zero-order chi connectivity index (χ0) is 12.7. The molecule has 1 heterocycles. The number of carbonyl (C=O) groups excluding carboxylic acids is 2. The monoisotopic (exact) mass is 250 g/mol. The number of hydrogen-bond donors (Lipinski definition) is 2. The first-order valence-electron chi connectivity index (χ1n) is 5.52. The Bertz CT molecular complexity index is 344. The van der Waals surface area contributed by atoms with Crippen molar-refractivity contribution in [2.45, 2.75) is 37.9 Å². The van der Waals surface area contributed by atoms with Gasteiger partial charge in [-0.15, -0.1) is 0 Å². The molecule has 0 aromatic carbocycles. The average molecular weight is 250 g/mol. The first kappa shape index (κ1) is 12.3. The van der Waals surface area contributed by atoms with Crippen LogP contribution in [-0.2, 0) is 9.59 Å². The van der Waals surface area contributed by atoms with E-state index in [0.29, 0.717) is 13.0 Å². The summed E-state index contributed by atoms with van der Waals surface area (Å²) in [4.78, 5) is 23.0. The Morgan fingerprint density at radius 2 is 1.94 bits per heavy atom. The van der Waals surface area contributed by atoms with Gasteiger partial charge < -0.3 is 5.32 Å². The molecule has 2 fully saturated rings. The Morgan fingerprint density at radius 1 is 1.29 bits per heavy atom. The highest BCUT2D eigenvalue weighted by Crippen LogP contribution is 2.57. The van der Waals surface area contributed by atoms with Gasteiger partial charge in [-0.1, -0.05) is 0 Å². The number of halogens is 3. The number of alkyl halides is 3. The summed E-state index contributed by atoms with van der Waals surface area (Å²) < 4.78 is 37.8. The summed E-state index contributed by atoms with van der Waals surface area (Å²) in [6.07, 6.45) is -3.68. The second kappa shape index (κ2) is 3.97. The van der Waals surface area contributed by atoms with Crippen molar-refractivity contribution in [3.05, 3.63) is 0 Å². The summed E-state index contributed by atoms with van der Waals surface area (Å²) in [5.41, 5.74) is -2.32. The van der Waals surface area contributed by atoms with E-state index in [2.05, 4.69) is 5.32 Å². The maximum Gasteiger partial charge on any atom is 0.403 e. The molecule has 0 aromatic rings. The van der Waals surface area contributed by atoms with Crippen LogP contribution in [0.25, 0.3) is 0 Å². The van der Waals surface area contributed by atoms with Gasteiger partial charge in [0.2, 0.25) is 11.8 Å². The third kappa shape index (κ3) is 2.15. The summed E-state index contributed by atoms with van der Waals surface area (Å²) in [7, 11) is 0. The van der Waals surface area contributed by atoms with Gasteiger partial charge in [-0.25, -0.2) is 0 Å². The number of hydrogen-bond acceptors (Lipinski definition) is 3. The molecule has 2 aliphatic rings. The molecule has 1 aliphatic carbocycles. The minimum atomic E-state index is -4.57. The number of rotatable bonds is 2. The van der Waals surface area contributed by atoms with E-state index in [1.54, 1.807) is 0 Å². The third-order valence-electron chi connectivity index (χ3n) is 3.34. The predicted octanol–water partition coefficient (Wildman–Crippen LogP) is 0.724. The number of nitrogens with one attached hydrogen (secondary N) is 2. The number of amides is 2. The van der Waals surface area contributed by atoms with Crippen LogP contribution in [0.1, 0.15) is 25.7 Å². The van der Waals surface area contributed by atoms with Gasteiger partial charge in [0.15, 0.2) is 0 Å². The summed E-state index contributed by atoms with van der Waals surface area (Å²) >= 11 is 0. The second-order valence-electron chi connectivity index (χ2n) is 4.55. The van der Waals surface area contributed by atoms with E-state index >= 15 is 0 Å². The predicted molar refractivity (Wildman–Crippen MR) is 51.9 cm³/mol. The van der Waals surface area contributed by atoms with Crippen molar-refractivity contribution in [2.75, 3.05) is 6.54 Å². The van der Waals surface area contributed by atoms with Crippen LogP contribution < -0.4 is 10.6 Å². The molecular weight excluding hydrogens is 237 g/mol. The lowest BCUT2D eigenvalue weighted by atomic mass is 10.1. The molecule has 0 spiro atoms. The van der Waals surface area contributed by atoms with E-state index in [4.69, 9.17) is 0 Å². The van der Waals surface area contributed by atoms with Gasteiger partial charge in [0.25, 0.3) is 0 Å². The Balaban J connectivity index is 1.95.